The summed E-state index contributed by atoms with van der Waals surface area (Å²) in [6, 6.07) is -0.352. The molecule has 0 amide bonds. The fourth-order valence-corrected chi connectivity index (χ4v) is 1.18. The number of aliphatic hydroxyl groups excluding tert-OH is 1. The maximum absolute atomic E-state index is 10.7. The second-order valence-corrected chi connectivity index (χ2v) is 2.57. The van der Waals surface area contributed by atoms with Crippen LogP contribution >= 0.6 is 16.3 Å². The van der Waals surface area contributed by atoms with Crippen LogP contribution in [0.3, 0.4) is 0 Å². The van der Waals surface area contributed by atoms with Gasteiger partial charge in [0.25, 0.3) is 0 Å². The number of rotatable bonds is 1. The first-order chi connectivity index (χ1) is 4.74. The lowest BCUT2D eigenvalue weighted by Gasteiger charge is -2.03. The van der Waals surface area contributed by atoms with E-state index in [1.54, 1.807) is 0 Å². The Balaban J connectivity index is 2.37. The van der Waals surface area contributed by atoms with E-state index in [1.165, 1.54) is 0 Å². The van der Waals surface area contributed by atoms with E-state index in [0.29, 0.717) is 13.0 Å². The van der Waals surface area contributed by atoms with Crippen LogP contribution < -0.4 is 5.32 Å². The van der Waals surface area contributed by atoms with Crippen molar-refractivity contribution in [2.75, 3.05) is 6.54 Å². The van der Waals surface area contributed by atoms with Crippen LogP contribution in [0.4, 0.5) is 0 Å². The molecule has 10 heavy (non-hydrogen) atoms. The molecule has 1 heterocycles. The monoisotopic (exact) mass is 209 g/mol. The lowest BCUT2D eigenvalue weighted by molar-refractivity contribution is -0.134. The molecule has 1 unspecified atom stereocenters. The topological polar surface area (TPSA) is 58.6 Å². The van der Waals surface area contributed by atoms with Gasteiger partial charge in [-0.25, -0.2) is 4.79 Å². The summed E-state index contributed by atoms with van der Waals surface area (Å²) in [4.78, 5) is 10.7. The highest BCUT2D eigenvalue weighted by molar-refractivity contribution is 9.06. The Bertz CT molecular complexity index is 141. The summed E-state index contributed by atoms with van der Waals surface area (Å²) in [7, 11) is 0. The molecule has 0 aromatic heterocycles. The van der Waals surface area contributed by atoms with Gasteiger partial charge in [0.1, 0.15) is 6.04 Å². The van der Waals surface area contributed by atoms with Crippen molar-refractivity contribution in [3.63, 3.8) is 0 Å². The van der Waals surface area contributed by atoms with E-state index < -0.39 is 6.10 Å². The first-order valence-electron chi connectivity index (χ1n) is 2.98. The van der Waals surface area contributed by atoms with Crippen molar-refractivity contribution in [1.29, 1.82) is 0 Å². The van der Waals surface area contributed by atoms with E-state index in [0.717, 1.165) is 0 Å². The second-order valence-electron chi connectivity index (χ2n) is 2.25. The average molecular weight is 210 g/mol. The van der Waals surface area contributed by atoms with Gasteiger partial charge < -0.3 is 14.3 Å². The van der Waals surface area contributed by atoms with Gasteiger partial charge in [0.05, 0.1) is 6.10 Å². The van der Waals surface area contributed by atoms with E-state index in [9.17, 15) is 4.79 Å². The molecule has 0 aliphatic carbocycles. The first kappa shape index (κ1) is 7.97. The SMILES string of the molecule is O=C(OBr)[C@@H]1CC(O)CN1. The third-order valence-electron chi connectivity index (χ3n) is 1.47. The molecule has 58 valence electrons. The Kier molecular flexibility index (Phi) is 2.64. The average Bonchev–Trinajstić information content (AvgIpc) is 2.34. The van der Waals surface area contributed by atoms with Gasteiger partial charge in [-0.3, -0.25) is 0 Å². The number of carbonyl (C=O) groups is 1. The highest BCUT2D eigenvalue weighted by atomic mass is 79.9. The molecule has 2 N–H and O–H groups in total. The third kappa shape index (κ3) is 1.68. The molecule has 1 aliphatic rings. The largest absolute Gasteiger partial charge is 0.392 e. The molecule has 0 aromatic carbocycles. The van der Waals surface area contributed by atoms with Gasteiger partial charge in [0.2, 0.25) is 0 Å². The van der Waals surface area contributed by atoms with Crippen molar-refractivity contribution in [3.05, 3.63) is 0 Å². The molecule has 4 nitrogen and oxygen atoms in total. The zero-order chi connectivity index (χ0) is 7.56. The van der Waals surface area contributed by atoms with E-state index in [-0.39, 0.29) is 12.0 Å². The van der Waals surface area contributed by atoms with Gasteiger partial charge in [-0.05, 0) is 0 Å². The molecule has 1 fully saturated rings. The van der Waals surface area contributed by atoms with Gasteiger partial charge >= 0.3 is 5.97 Å². The number of halogens is 1. The van der Waals surface area contributed by atoms with Crippen LogP contribution in [-0.4, -0.2) is 29.8 Å². The number of hydrogen-bond donors (Lipinski definition) is 2. The molecular formula is C5H8BrNO3. The standard InChI is InChI=1S/C5H8BrNO3/c6-10-5(9)4-1-3(8)2-7-4/h3-4,7-8H,1-2H2/t3?,4-/m0/s1. The summed E-state index contributed by atoms with van der Waals surface area (Å²) in [6.07, 6.45) is 0.0151. The van der Waals surface area contributed by atoms with Crippen molar-refractivity contribution >= 4 is 22.2 Å². The summed E-state index contributed by atoms with van der Waals surface area (Å²) in [6.45, 7) is 0.465. The quantitative estimate of drug-likeness (QED) is 0.616. The van der Waals surface area contributed by atoms with Gasteiger partial charge in [0.15, 0.2) is 16.3 Å². The molecule has 0 spiro atoms. The minimum atomic E-state index is -0.420. The highest BCUT2D eigenvalue weighted by Crippen LogP contribution is 2.08. The Morgan fingerprint density at radius 3 is 2.90 bits per heavy atom. The minimum Gasteiger partial charge on any atom is -0.392 e. The van der Waals surface area contributed by atoms with Crippen molar-refractivity contribution < 1.29 is 13.7 Å². The molecule has 0 bridgehead atoms. The van der Waals surface area contributed by atoms with Crippen LogP contribution in [0.2, 0.25) is 0 Å². The Labute approximate surface area is 67.0 Å². The van der Waals surface area contributed by atoms with E-state index >= 15 is 0 Å². The van der Waals surface area contributed by atoms with Crippen molar-refractivity contribution in [2.24, 2.45) is 0 Å². The van der Waals surface area contributed by atoms with Crippen LogP contribution in [0.1, 0.15) is 6.42 Å². The van der Waals surface area contributed by atoms with Gasteiger partial charge in [-0.1, -0.05) is 0 Å². The number of aliphatic hydroxyl groups is 1. The molecule has 5 heteroatoms. The maximum Gasteiger partial charge on any atom is 0.334 e. The molecular weight excluding hydrogens is 202 g/mol. The molecule has 0 aromatic rings. The van der Waals surface area contributed by atoms with Crippen molar-refractivity contribution in [1.82, 2.24) is 5.32 Å². The van der Waals surface area contributed by atoms with E-state index in [4.69, 9.17) is 5.11 Å². The Morgan fingerprint density at radius 2 is 2.50 bits per heavy atom. The number of carbonyl (C=O) groups excluding carboxylic acids is 1. The third-order valence-corrected chi connectivity index (χ3v) is 1.79. The summed E-state index contributed by atoms with van der Waals surface area (Å²) >= 11 is 2.57. The summed E-state index contributed by atoms with van der Waals surface area (Å²) in [5, 5.41) is 11.8. The molecule has 2 atom stereocenters. The van der Waals surface area contributed by atoms with Gasteiger partial charge in [0, 0.05) is 13.0 Å². The lowest BCUT2D eigenvalue weighted by atomic mass is 10.2. The first-order valence-corrected chi connectivity index (χ1v) is 3.62. The fourth-order valence-electron chi connectivity index (χ4n) is 0.950. The highest BCUT2D eigenvalue weighted by Gasteiger charge is 2.28. The summed E-state index contributed by atoms with van der Waals surface area (Å²) in [5.41, 5.74) is 0. The minimum absolute atomic E-state index is 0.352. The zero-order valence-corrected chi connectivity index (χ0v) is 6.80. The van der Waals surface area contributed by atoms with Crippen LogP contribution in [0.25, 0.3) is 0 Å². The van der Waals surface area contributed by atoms with E-state index in [1.807, 2.05) is 0 Å². The predicted molar refractivity (Wildman–Crippen MR) is 37.4 cm³/mol. The van der Waals surface area contributed by atoms with Gasteiger partial charge in [-0.15, -0.1) is 0 Å². The van der Waals surface area contributed by atoms with Crippen molar-refractivity contribution in [2.45, 2.75) is 18.6 Å². The number of nitrogens with one attached hydrogen (secondary N) is 1. The normalized spacial score (nSPS) is 32.2. The van der Waals surface area contributed by atoms with E-state index in [2.05, 4.69) is 25.4 Å². The second kappa shape index (κ2) is 3.32. The maximum atomic E-state index is 10.7. The predicted octanol–water partition coefficient (Wildman–Crippen LogP) is -0.438. The Hall–Kier alpha value is -0.130. The number of hydrogen-bond acceptors (Lipinski definition) is 4. The molecule has 0 saturated carbocycles. The fraction of sp³-hybridized carbons (Fsp3) is 0.800. The molecule has 1 saturated heterocycles. The lowest BCUT2D eigenvalue weighted by Crippen LogP contribution is -2.30. The van der Waals surface area contributed by atoms with Crippen LogP contribution in [0.5, 0.6) is 0 Å². The summed E-state index contributed by atoms with van der Waals surface area (Å²) in [5.74, 6) is -0.378. The van der Waals surface area contributed by atoms with Crippen molar-refractivity contribution in [3.8, 4) is 0 Å². The van der Waals surface area contributed by atoms with Gasteiger partial charge in [-0.2, -0.15) is 0 Å². The number of β-amino-alcohol motifs (C(OH)–C–C–N with tert-alkyl or cyclic N) is 1. The van der Waals surface area contributed by atoms with Crippen LogP contribution in [0, 0.1) is 0 Å². The molecule has 1 rings (SSSR count). The molecule has 0 radical (unpaired) electrons. The van der Waals surface area contributed by atoms with Crippen LogP contribution in [-0.2, 0) is 8.62 Å². The smallest absolute Gasteiger partial charge is 0.334 e. The Morgan fingerprint density at radius 1 is 1.80 bits per heavy atom. The zero-order valence-electron chi connectivity index (χ0n) is 5.21. The molecule has 1 aliphatic heterocycles. The van der Waals surface area contributed by atoms with Crippen LogP contribution in [0.15, 0.2) is 0 Å². The summed E-state index contributed by atoms with van der Waals surface area (Å²) < 4.78 is 4.28.